The van der Waals surface area contributed by atoms with Crippen LogP contribution in [0.4, 0.5) is 0 Å². The second kappa shape index (κ2) is 3.93. The average Bonchev–Trinajstić information content (AvgIpc) is 2.17. The lowest BCUT2D eigenvalue weighted by atomic mass is 9.65. The molecule has 1 fully saturated rings. The van der Waals surface area contributed by atoms with Crippen LogP contribution in [0.25, 0.3) is 0 Å². The summed E-state index contributed by atoms with van der Waals surface area (Å²) in [6.07, 6.45) is 10.9. The van der Waals surface area contributed by atoms with Gasteiger partial charge in [-0.2, -0.15) is 0 Å². The fraction of sp³-hybridized carbons (Fsp3) is 0.667. The molecule has 1 aliphatic rings. The third-order valence-corrected chi connectivity index (χ3v) is 3.50. The monoisotopic (exact) mass is 164 g/mol. The molecule has 0 aromatic carbocycles. The van der Waals surface area contributed by atoms with Crippen molar-refractivity contribution in [1.29, 1.82) is 0 Å². The summed E-state index contributed by atoms with van der Waals surface area (Å²) in [6, 6.07) is 0. The number of allylic oxidation sites excluding steroid dienone is 2. The van der Waals surface area contributed by atoms with Crippen LogP contribution in [-0.2, 0) is 0 Å². The van der Waals surface area contributed by atoms with Gasteiger partial charge in [0.1, 0.15) is 0 Å². The van der Waals surface area contributed by atoms with Crippen LogP contribution in [-0.4, -0.2) is 0 Å². The molecule has 0 amide bonds. The maximum Gasteiger partial charge on any atom is -0.00609 e. The van der Waals surface area contributed by atoms with E-state index >= 15 is 0 Å². The summed E-state index contributed by atoms with van der Waals surface area (Å²) in [7, 11) is 0. The van der Waals surface area contributed by atoms with Gasteiger partial charge in [-0.05, 0) is 30.6 Å². The third-order valence-electron chi connectivity index (χ3n) is 3.50. The summed E-state index contributed by atoms with van der Waals surface area (Å²) in [5.74, 6) is 0.675. The van der Waals surface area contributed by atoms with Crippen molar-refractivity contribution in [2.45, 2.75) is 39.0 Å². The van der Waals surface area contributed by atoms with Crippen LogP contribution in [0, 0.1) is 11.3 Å². The second-order valence-corrected chi connectivity index (χ2v) is 3.88. The maximum absolute atomic E-state index is 3.98. The van der Waals surface area contributed by atoms with Crippen molar-refractivity contribution in [3.63, 3.8) is 0 Å². The van der Waals surface area contributed by atoms with Gasteiger partial charge in [0.2, 0.25) is 0 Å². The van der Waals surface area contributed by atoms with E-state index in [1.807, 2.05) is 0 Å². The van der Waals surface area contributed by atoms with E-state index in [-0.39, 0.29) is 0 Å². The Hall–Kier alpha value is -0.520. The first-order valence-corrected chi connectivity index (χ1v) is 5.05. The Labute approximate surface area is 76.4 Å². The van der Waals surface area contributed by atoms with Crippen molar-refractivity contribution in [2.75, 3.05) is 0 Å². The lowest BCUT2D eigenvalue weighted by molar-refractivity contribution is 0.184. The zero-order valence-corrected chi connectivity index (χ0v) is 8.18. The van der Waals surface area contributed by atoms with Gasteiger partial charge in [0, 0.05) is 0 Å². The minimum atomic E-state index is 0.375. The molecule has 0 heterocycles. The summed E-state index contributed by atoms with van der Waals surface area (Å²) >= 11 is 0. The van der Waals surface area contributed by atoms with Crippen LogP contribution in [0.5, 0.6) is 0 Å². The minimum Gasteiger partial charge on any atom is -0.103 e. The van der Waals surface area contributed by atoms with Crippen molar-refractivity contribution in [2.24, 2.45) is 11.3 Å². The first-order chi connectivity index (χ1) is 5.79. The number of hydrogen-bond acceptors (Lipinski definition) is 0. The standard InChI is InChI=1S/C12H20/c1-4-11-9-7-8-10-12(11,5-2)6-3/h4-5,11H,1-2,6-10H2,3H3. The number of hydrogen-bond donors (Lipinski definition) is 0. The van der Waals surface area contributed by atoms with E-state index < -0.39 is 0 Å². The van der Waals surface area contributed by atoms with Crippen molar-refractivity contribution in [3.05, 3.63) is 25.3 Å². The number of rotatable bonds is 3. The van der Waals surface area contributed by atoms with Gasteiger partial charge < -0.3 is 0 Å². The van der Waals surface area contributed by atoms with Gasteiger partial charge in [-0.15, -0.1) is 13.2 Å². The molecule has 0 N–H and O–H groups in total. The fourth-order valence-corrected chi connectivity index (χ4v) is 2.48. The third kappa shape index (κ3) is 1.48. The van der Waals surface area contributed by atoms with Gasteiger partial charge in [-0.25, -0.2) is 0 Å². The highest BCUT2D eigenvalue weighted by molar-refractivity contribution is 5.05. The molecule has 0 aromatic rings. The molecule has 0 saturated heterocycles. The highest BCUT2D eigenvalue weighted by Gasteiger charge is 2.34. The predicted molar refractivity (Wildman–Crippen MR) is 55.1 cm³/mol. The van der Waals surface area contributed by atoms with E-state index in [1.54, 1.807) is 0 Å². The maximum atomic E-state index is 3.98. The largest absolute Gasteiger partial charge is 0.103 e. The molecule has 1 aliphatic carbocycles. The van der Waals surface area contributed by atoms with E-state index in [0.29, 0.717) is 11.3 Å². The van der Waals surface area contributed by atoms with Crippen molar-refractivity contribution in [1.82, 2.24) is 0 Å². The molecular weight excluding hydrogens is 144 g/mol. The topological polar surface area (TPSA) is 0 Å². The van der Waals surface area contributed by atoms with Crippen LogP contribution < -0.4 is 0 Å². The van der Waals surface area contributed by atoms with E-state index in [9.17, 15) is 0 Å². The quantitative estimate of drug-likeness (QED) is 0.554. The Morgan fingerprint density at radius 2 is 2.17 bits per heavy atom. The smallest absolute Gasteiger partial charge is 0.00609 e. The normalized spacial score (nSPS) is 35.9. The first-order valence-electron chi connectivity index (χ1n) is 5.05. The van der Waals surface area contributed by atoms with Crippen LogP contribution >= 0.6 is 0 Å². The summed E-state index contributed by atoms with van der Waals surface area (Å²) in [5.41, 5.74) is 0.375. The molecule has 0 aliphatic heterocycles. The van der Waals surface area contributed by atoms with Gasteiger partial charge in [-0.1, -0.05) is 31.9 Å². The fourth-order valence-electron chi connectivity index (χ4n) is 2.48. The van der Waals surface area contributed by atoms with E-state index in [2.05, 4.69) is 32.2 Å². The molecule has 2 atom stereocenters. The lowest BCUT2D eigenvalue weighted by Crippen LogP contribution is -2.29. The molecule has 0 nitrogen and oxygen atoms in total. The Morgan fingerprint density at radius 1 is 1.42 bits per heavy atom. The van der Waals surface area contributed by atoms with E-state index in [0.717, 1.165) is 0 Å². The second-order valence-electron chi connectivity index (χ2n) is 3.88. The molecule has 0 spiro atoms. The summed E-state index contributed by atoms with van der Waals surface area (Å²) in [6.45, 7) is 10.2. The Kier molecular flexibility index (Phi) is 3.13. The zero-order chi connectivity index (χ0) is 9.03. The molecule has 12 heavy (non-hydrogen) atoms. The first kappa shape index (κ1) is 9.57. The van der Waals surface area contributed by atoms with Crippen molar-refractivity contribution < 1.29 is 0 Å². The van der Waals surface area contributed by atoms with E-state index in [4.69, 9.17) is 0 Å². The molecule has 2 unspecified atom stereocenters. The van der Waals surface area contributed by atoms with Crippen LogP contribution in [0.15, 0.2) is 25.3 Å². The molecule has 68 valence electrons. The van der Waals surface area contributed by atoms with Crippen LogP contribution in [0.1, 0.15) is 39.0 Å². The van der Waals surface area contributed by atoms with Crippen LogP contribution in [0.3, 0.4) is 0 Å². The van der Waals surface area contributed by atoms with Crippen molar-refractivity contribution >= 4 is 0 Å². The molecule has 0 bridgehead atoms. The summed E-state index contributed by atoms with van der Waals surface area (Å²) in [5, 5.41) is 0. The molecule has 0 aromatic heterocycles. The zero-order valence-electron chi connectivity index (χ0n) is 8.18. The van der Waals surface area contributed by atoms with Gasteiger partial charge >= 0.3 is 0 Å². The molecular formula is C12H20. The molecule has 1 rings (SSSR count). The van der Waals surface area contributed by atoms with E-state index in [1.165, 1.54) is 32.1 Å². The summed E-state index contributed by atoms with van der Waals surface area (Å²) < 4.78 is 0. The van der Waals surface area contributed by atoms with Crippen LogP contribution in [0.2, 0.25) is 0 Å². The molecule has 0 heteroatoms. The summed E-state index contributed by atoms with van der Waals surface area (Å²) in [4.78, 5) is 0. The Balaban J connectivity index is 2.79. The van der Waals surface area contributed by atoms with Crippen molar-refractivity contribution in [3.8, 4) is 0 Å². The molecule has 1 saturated carbocycles. The van der Waals surface area contributed by atoms with Gasteiger partial charge in [0.05, 0.1) is 0 Å². The Morgan fingerprint density at radius 3 is 2.58 bits per heavy atom. The Bertz CT molecular complexity index is 169. The van der Waals surface area contributed by atoms with Gasteiger partial charge in [0.15, 0.2) is 0 Å². The predicted octanol–water partition coefficient (Wildman–Crippen LogP) is 3.95. The van der Waals surface area contributed by atoms with Gasteiger partial charge in [-0.3, -0.25) is 0 Å². The molecule has 0 radical (unpaired) electrons. The minimum absolute atomic E-state index is 0.375. The highest BCUT2D eigenvalue weighted by Crippen LogP contribution is 2.45. The highest BCUT2D eigenvalue weighted by atomic mass is 14.4. The SMILES string of the molecule is C=CC1CCCCC1(C=C)CC. The van der Waals surface area contributed by atoms with Gasteiger partial charge in [0.25, 0.3) is 0 Å². The average molecular weight is 164 g/mol. The lowest BCUT2D eigenvalue weighted by Gasteiger charge is -2.40.